The molecule has 1 aromatic carbocycles. The molecular formula is C17H22O4. The van der Waals surface area contributed by atoms with Crippen LogP contribution >= 0.6 is 0 Å². The third kappa shape index (κ3) is 2.80. The molecule has 1 aliphatic rings. The summed E-state index contributed by atoms with van der Waals surface area (Å²) in [5.74, 6) is -0.976. The maximum absolute atomic E-state index is 12.6. The average Bonchev–Trinajstić information content (AvgIpc) is 2.68. The zero-order valence-electron chi connectivity index (χ0n) is 12.7. The van der Waals surface area contributed by atoms with Crippen molar-refractivity contribution in [2.75, 3.05) is 13.2 Å². The first-order valence-corrected chi connectivity index (χ1v) is 7.59. The number of rotatable bonds is 4. The molecular weight excluding hydrogens is 268 g/mol. The number of carbonyl (C=O) groups excluding carboxylic acids is 2. The summed E-state index contributed by atoms with van der Waals surface area (Å²) in [5, 5.41) is 0. The highest BCUT2D eigenvalue weighted by atomic mass is 16.6. The molecule has 0 N–H and O–H groups in total. The molecule has 0 unspecified atom stereocenters. The molecule has 21 heavy (non-hydrogen) atoms. The van der Waals surface area contributed by atoms with E-state index in [0.717, 1.165) is 30.4 Å². The number of benzene rings is 1. The lowest BCUT2D eigenvalue weighted by Crippen LogP contribution is -2.46. The minimum absolute atomic E-state index is 0.252. The van der Waals surface area contributed by atoms with Crippen LogP contribution in [0.2, 0.25) is 0 Å². The Morgan fingerprint density at radius 2 is 1.67 bits per heavy atom. The van der Waals surface area contributed by atoms with Crippen molar-refractivity contribution in [2.45, 2.75) is 44.9 Å². The molecule has 4 heteroatoms. The van der Waals surface area contributed by atoms with Gasteiger partial charge in [-0.1, -0.05) is 30.7 Å². The Morgan fingerprint density at radius 1 is 1.05 bits per heavy atom. The first kappa shape index (κ1) is 15.5. The van der Waals surface area contributed by atoms with Crippen LogP contribution in [0.15, 0.2) is 24.3 Å². The van der Waals surface area contributed by atoms with Crippen LogP contribution in [0.1, 0.15) is 44.2 Å². The summed E-state index contributed by atoms with van der Waals surface area (Å²) in [6.07, 6.45) is 3.07. The van der Waals surface area contributed by atoms with Crippen molar-refractivity contribution in [1.82, 2.24) is 0 Å². The van der Waals surface area contributed by atoms with E-state index in [2.05, 4.69) is 0 Å². The molecule has 0 aromatic heterocycles. The lowest BCUT2D eigenvalue weighted by molar-refractivity contribution is -0.165. The predicted octanol–water partition coefficient (Wildman–Crippen LogP) is 2.78. The van der Waals surface area contributed by atoms with Crippen molar-refractivity contribution in [2.24, 2.45) is 0 Å². The maximum atomic E-state index is 12.6. The predicted molar refractivity (Wildman–Crippen MR) is 78.9 cm³/mol. The molecule has 1 aliphatic carbocycles. The van der Waals surface area contributed by atoms with Crippen LogP contribution in [0.25, 0.3) is 0 Å². The third-order valence-electron chi connectivity index (χ3n) is 3.97. The molecule has 0 atom stereocenters. The van der Waals surface area contributed by atoms with E-state index in [-0.39, 0.29) is 13.2 Å². The van der Waals surface area contributed by atoms with Crippen molar-refractivity contribution >= 4 is 11.9 Å². The van der Waals surface area contributed by atoms with Gasteiger partial charge in [0.15, 0.2) is 5.41 Å². The lowest BCUT2D eigenvalue weighted by Gasteiger charge is -2.29. The Bertz CT molecular complexity index is 503. The fourth-order valence-electron chi connectivity index (χ4n) is 3.01. The standard InChI is InChI=1S/C17H22O4/c1-3-20-15(18)17(16(19)21-4-2)12-8-7-10-13-9-5-6-11-14(13)17/h5-6,9,11H,3-4,7-8,10,12H2,1-2H3. The number of hydrogen-bond acceptors (Lipinski definition) is 4. The van der Waals surface area contributed by atoms with Crippen molar-refractivity contribution < 1.29 is 19.1 Å². The summed E-state index contributed by atoms with van der Waals surface area (Å²) in [4.78, 5) is 25.3. The quantitative estimate of drug-likeness (QED) is 0.486. The molecule has 4 nitrogen and oxygen atoms in total. The minimum Gasteiger partial charge on any atom is -0.465 e. The van der Waals surface area contributed by atoms with Crippen molar-refractivity contribution in [3.8, 4) is 0 Å². The second-order valence-electron chi connectivity index (χ2n) is 5.21. The second-order valence-corrected chi connectivity index (χ2v) is 5.21. The van der Waals surface area contributed by atoms with Crippen LogP contribution in [0, 0.1) is 0 Å². The van der Waals surface area contributed by atoms with E-state index in [4.69, 9.17) is 9.47 Å². The summed E-state index contributed by atoms with van der Waals surface area (Å²) in [5.41, 5.74) is 0.481. The van der Waals surface area contributed by atoms with E-state index in [9.17, 15) is 9.59 Å². The number of hydrogen-bond donors (Lipinski definition) is 0. The van der Waals surface area contributed by atoms with E-state index in [0.29, 0.717) is 6.42 Å². The lowest BCUT2D eigenvalue weighted by atomic mass is 9.76. The van der Waals surface area contributed by atoms with Gasteiger partial charge in [0.2, 0.25) is 0 Å². The molecule has 0 aliphatic heterocycles. The minimum atomic E-state index is -1.31. The number of esters is 2. The highest BCUT2D eigenvalue weighted by molar-refractivity contribution is 6.06. The second kappa shape index (κ2) is 6.74. The molecule has 0 saturated heterocycles. The molecule has 0 heterocycles. The molecule has 1 aromatic rings. The molecule has 0 fully saturated rings. The Labute approximate surface area is 125 Å². The smallest absolute Gasteiger partial charge is 0.328 e. The van der Waals surface area contributed by atoms with Crippen molar-refractivity contribution in [1.29, 1.82) is 0 Å². The maximum Gasteiger partial charge on any atom is 0.328 e. The van der Waals surface area contributed by atoms with Gasteiger partial charge in [-0.25, -0.2) is 0 Å². The van der Waals surface area contributed by atoms with Gasteiger partial charge in [0, 0.05) is 0 Å². The molecule has 0 saturated carbocycles. The number of carbonyl (C=O) groups is 2. The highest BCUT2D eigenvalue weighted by Crippen LogP contribution is 2.38. The number of ether oxygens (including phenoxy) is 2. The van der Waals surface area contributed by atoms with E-state index in [1.807, 2.05) is 24.3 Å². The number of fused-ring (bicyclic) bond motifs is 1. The monoisotopic (exact) mass is 290 g/mol. The molecule has 0 spiro atoms. The fourth-order valence-corrected chi connectivity index (χ4v) is 3.01. The van der Waals surface area contributed by atoms with Crippen LogP contribution in [-0.2, 0) is 30.9 Å². The Hall–Kier alpha value is -1.84. The Balaban J connectivity index is 2.57. The van der Waals surface area contributed by atoms with Gasteiger partial charge in [0.25, 0.3) is 0 Å². The molecule has 2 rings (SSSR count). The van der Waals surface area contributed by atoms with Crippen LogP contribution in [0.5, 0.6) is 0 Å². The van der Waals surface area contributed by atoms with Crippen LogP contribution < -0.4 is 0 Å². The van der Waals surface area contributed by atoms with Gasteiger partial charge in [-0.3, -0.25) is 9.59 Å². The van der Waals surface area contributed by atoms with Crippen LogP contribution in [-0.4, -0.2) is 25.2 Å². The topological polar surface area (TPSA) is 52.6 Å². The number of aryl methyl sites for hydroxylation is 1. The Kier molecular flexibility index (Phi) is 4.99. The van der Waals surface area contributed by atoms with Gasteiger partial charge in [0.1, 0.15) is 0 Å². The summed E-state index contributed by atoms with van der Waals surface area (Å²) < 4.78 is 10.4. The normalized spacial score (nSPS) is 16.5. The first-order valence-electron chi connectivity index (χ1n) is 7.59. The summed E-state index contributed by atoms with van der Waals surface area (Å²) in [7, 11) is 0. The SMILES string of the molecule is CCOC(=O)C1(C(=O)OCC)CCCCc2ccccc21. The summed E-state index contributed by atoms with van der Waals surface area (Å²) in [6.45, 7) is 4.00. The van der Waals surface area contributed by atoms with E-state index >= 15 is 0 Å². The summed E-state index contributed by atoms with van der Waals surface area (Å²) in [6, 6.07) is 7.63. The van der Waals surface area contributed by atoms with Gasteiger partial charge < -0.3 is 9.47 Å². The van der Waals surface area contributed by atoms with E-state index in [1.54, 1.807) is 13.8 Å². The molecule has 0 radical (unpaired) electrons. The highest BCUT2D eigenvalue weighted by Gasteiger charge is 2.51. The van der Waals surface area contributed by atoms with Crippen molar-refractivity contribution in [3.63, 3.8) is 0 Å². The van der Waals surface area contributed by atoms with Crippen LogP contribution in [0.4, 0.5) is 0 Å². The van der Waals surface area contributed by atoms with Gasteiger partial charge in [-0.2, -0.15) is 0 Å². The van der Waals surface area contributed by atoms with Crippen LogP contribution in [0.3, 0.4) is 0 Å². The zero-order chi connectivity index (χ0) is 15.3. The largest absolute Gasteiger partial charge is 0.465 e. The first-order chi connectivity index (χ1) is 10.2. The fraction of sp³-hybridized carbons (Fsp3) is 0.529. The van der Waals surface area contributed by atoms with E-state index in [1.165, 1.54) is 0 Å². The van der Waals surface area contributed by atoms with E-state index < -0.39 is 17.4 Å². The van der Waals surface area contributed by atoms with Gasteiger partial charge >= 0.3 is 11.9 Å². The Morgan fingerprint density at radius 3 is 2.29 bits per heavy atom. The third-order valence-corrected chi connectivity index (χ3v) is 3.97. The zero-order valence-corrected chi connectivity index (χ0v) is 12.7. The summed E-state index contributed by atoms with van der Waals surface area (Å²) >= 11 is 0. The molecule has 114 valence electrons. The van der Waals surface area contributed by atoms with Gasteiger partial charge in [-0.15, -0.1) is 0 Å². The van der Waals surface area contributed by atoms with Gasteiger partial charge in [0.05, 0.1) is 13.2 Å². The van der Waals surface area contributed by atoms with Gasteiger partial charge in [-0.05, 0) is 44.2 Å². The average molecular weight is 290 g/mol. The molecule has 0 amide bonds. The van der Waals surface area contributed by atoms with Crippen molar-refractivity contribution in [3.05, 3.63) is 35.4 Å². The molecule has 0 bridgehead atoms.